The summed E-state index contributed by atoms with van der Waals surface area (Å²) in [5.41, 5.74) is 3.68. The Kier molecular flexibility index (Phi) is 3.22. The van der Waals surface area contributed by atoms with Gasteiger partial charge in [0, 0.05) is 38.6 Å². The van der Waals surface area contributed by atoms with E-state index in [1.54, 1.807) is 23.9 Å². The summed E-state index contributed by atoms with van der Waals surface area (Å²) < 4.78 is 1.68. The third-order valence-electron chi connectivity index (χ3n) is 3.67. The fourth-order valence-electron chi connectivity index (χ4n) is 2.45. The Balaban J connectivity index is 2.28. The number of hydrogen-bond acceptors (Lipinski definition) is 3. The highest BCUT2D eigenvalue weighted by Gasteiger charge is 2.09. The van der Waals surface area contributed by atoms with Crippen molar-refractivity contribution in [3.05, 3.63) is 59.0 Å². The molecule has 3 aromatic rings. The molecule has 0 radical (unpaired) electrons. The van der Waals surface area contributed by atoms with Gasteiger partial charge in [0.05, 0.1) is 16.6 Å². The van der Waals surface area contributed by atoms with Crippen LogP contribution >= 0.6 is 0 Å². The zero-order chi connectivity index (χ0) is 15.0. The molecule has 4 heteroatoms. The van der Waals surface area contributed by atoms with E-state index in [0.29, 0.717) is 5.39 Å². The Morgan fingerprint density at radius 3 is 2.67 bits per heavy atom. The lowest BCUT2D eigenvalue weighted by Crippen LogP contribution is -2.19. The van der Waals surface area contributed by atoms with Crippen LogP contribution < -0.4 is 10.5 Å². The SMILES string of the molecule is CN(C)c1cccc(-c2cc3ncccc3c(=O)n2C)c1. The van der Waals surface area contributed by atoms with E-state index in [9.17, 15) is 4.79 Å². The second-order valence-electron chi connectivity index (χ2n) is 5.27. The summed E-state index contributed by atoms with van der Waals surface area (Å²) in [4.78, 5) is 18.8. The average Bonchev–Trinajstić information content (AvgIpc) is 2.51. The highest BCUT2D eigenvalue weighted by atomic mass is 16.1. The number of anilines is 1. The quantitative estimate of drug-likeness (QED) is 0.724. The third-order valence-corrected chi connectivity index (χ3v) is 3.67. The van der Waals surface area contributed by atoms with Crippen LogP contribution in [0.25, 0.3) is 22.2 Å². The molecule has 0 saturated heterocycles. The maximum absolute atomic E-state index is 12.5. The van der Waals surface area contributed by atoms with Crippen LogP contribution in [0.5, 0.6) is 0 Å². The van der Waals surface area contributed by atoms with Gasteiger partial charge in [-0.3, -0.25) is 9.78 Å². The minimum atomic E-state index is -0.0224. The van der Waals surface area contributed by atoms with E-state index >= 15 is 0 Å². The third kappa shape index (κ3) is 2.29. The first-order valence-corrected chi connectivity index (χ1v) is 6.80. The fraction of sp³-hybridized carbons (Fsp3) is 0.176. The van der Waals surface area contributed by atoms with Gasteiger partial charge in [-0.1, -0.05) is 12.1 Å². The van der Waals surface area contributed by atoms with Crippen LogP contribution in [-0.2, 0) is 7.05 Å². The van der Waals surface area contributed by atoms with E-state index in [1.807, 2.05) is 49.3 Å². The second-order valence-corrected chi connectivity index (χ2v) is 5.27. The molecule has 0 saturated carbocycles. The molecule has 0 amide bonds. The Hall–Kier alpha value is -2.62. The summed E-state index contributed by atoms with van der Waals surface area (Å²) in [6, 6.07) is 13.7. The van der Waals surface area contributed by atoms with Crippen molar-refractivity contribution in [3.63, 3.8) is 0 Å². The molecule has 1 aromatic carbocycles. The number of benzene rings is 1. The minimum absolute atomic E-state index is 0.0224. The smallest absolute Gasteiger partial charge is 0.260 e. The molecule has 4 nitrogen and oxygen atoms in total. The maximum atomic E-state index is 12.5. The van der Waals surface area contributed by atoms with E-state index in [1.165, 1.54) is 0 Å². The molecule has 3 rings (SSSR count). The number of rotatable bonds is 2. The molecule has 2 heterocycles. The molecule has 106 valence electrons. The van der Waals surface area contributed by atoms with Crippen LogP contribution in [0.3, 0.4) is 0 Å². The minimum Gasteiger partial charge on any atom is -0.378 e. The number of aromatic nitrogens is 2. The zero-order valence-electron chi connectivity index (χ0n) is 12.4. The van der Waals surface area contributed by atoms with Crippen LogP contribution in [-0.4, -0.2) is 23.6 Å². The summed E-state index contributed by atoms with van der Waals surface area (Å²) in [5, 5.41) is 0.646. The van der Waals surface area contributed by atoms with Gasteiger partial charge < -0.3 is 9.47 Å². The fourth-order valence-corrected chi connectivity index (χ4v) is 2.45. The molecular weight excluding hydrogens is 262 g/mol. The van der Waals surface area contributed by atoms with Gasteiger partial charge in [0.1, 0.15) is 0 Å². The summed E-state index contributed by atoms with van der Waals surface area (Å²) in [6.45, 7) is 0. The van der Waals surface area contributed by atoms with Gasteiger partial charge in [-0.2, -0.15) is 0 Å². The molecule has 0 atom stereocenters. The van der Waals surface area contributed by atoms with Crippen molar-refractivity contribution in [2.24, 2.45) is 7.05 Å². The molecule has 0 aliphatic rings. The highest BCUT2D eigenvalue weighted by molar-refractivity contribution is 5.82. The Morgan fingerprint density at radius 2 is 1.90 bits per heavy atom. The van der Waals surface area contributed by atoms with Crippen LogP contribution in [0, 0.1) is 0 Å². The van der Waals surface area contributed by atoms with Crippen LogP contribution in [0.2, 0.25) is 0 Å². The van der Waals surface area contributed by atoms with Gasteiger partial charge in [-0.25, -0.2) is 0 Å². The van der Waals surface area contributed by atoms with Crippen molar-refractivity contribution >= 4 is 16.6 Å². The van der Waals surface area contributed by atoms with Gasteiger partial charge in [0.15, 0.2) is 0 Å². The first-order valence-electron chi connectivity index (χ1n) is 6.80. The van der Waals surface area contributed by atoms with Crippen molar-refractivity contribution in [2.75, 3.05) is 19.0 Å². The van der Waals surface area contributed by atoms with Crippen molar-refractivity contribution < 1.29 is 0 Å². The lowest BCUT2D eigenvalue weighted by Gasteiger charge is -2.15. The predicted octanol–water partition coefficient (Wildman–Crippen LogP) is 2.67. The Morgan fingerprint density at radius 1 is 1.10 bits per heavy atom. The first kappa shape index (κ1) is 13.4. The molecule has 0 aliphatic heterocycles. The van der Waals surface area contributed by atoms with Gasteiger partial charge in [0.2, 0.25) is 0 Å². The van der Waals surface area contributed by atoms with Gasteiger partial charge in [0.25, 0.3) is 5.56 Å². The monoisotopic (exact) mass is 279 g/mol. The van der Waals surface area contributed by atoms with Crippen molar-refractivity contribution in [3.8, 4) is 11.3 Å². The molecule has 0 spiro atoms. The number of pyridine rings is 2. The van der Waals surface area contributed by atoms with Crippen LogP contribution in [0.15, 0.2) is 53.5 Å². The zero-order valence-corrected chi connectivity index (χ0v) is 12.4. The van der Waals surface area contributed by atoms with E-state index in [-0.39, 0.29) is 5.56 Å². The molecule has 21 heavy (non-hydrogen) atoms. The summed E-state index contributed by atoms with van der Waals surface area (Å²) >= 11 is 0. The highest BCUT2D eigenvalue weighted by Crippen LogP contribution is 2.24. The second kappa shape index (κ2) is 5.05. The topological polar surface area (TPSA) is 38.1 Å². The molecule has 2 aromatic heterocycles. The van der Waals surface area contributed by atoms with Crippen molar-refractivity contribution in [2.45, 2.75) is 0 Å². The number of nitrogens with zero attached hydrogens (tertiary/aromatic N) is 3. The van der Waals surface area contributed by atoms with E-state index in [2.05, 4.69) is 11.1 Å². The van der Waals surface area contributed by atoms with Gasteiger partial charge in [-0.15, -0.1) is 0 Å². The van der Waals surface area contributed by atoms with E-state index in [4.69, 9.17) is 0 Å². The van der Waals surface area contributed by atoms with Crippen molar-refractivity contribution in [1.29, 1.82) is 0 Å². The molecule has 0 bridgehead atoms. The molecule has 0 N–H and O–H groups in total. The molecule has 0 unspecified atom stereocenters. The number of fused-ring (bicyclic) bond motifs is 1. The first-order chi connectivity index (χ1) is 10.1. The maximum Gasteiger partial charge on any atom is 0.260 e. The summed E-state index contributed by atoms with van der Waals surface area (Å²) in [5.74, 6) is 0. The molecule has 0 fully saturated rings. The van der Waals surface area contributed by atoms with E-state index < -0.39 is 0 Å². The van der Waals surface area contributed by atoms with Crippen LogP contribution in [0.4, 0.5) is 5.69 Å². The lowest BCUT2D eigenvalue weighted by atomic mass is 10.1. The van der Waals surface area contributed by atoms with Gasteiger partial charge >= 0.3 is 0 Å². The molecular formula is C17H17N3O. The van der Waals surface area contributed by atoms with Crippen molar-refractivity contribution in [1.82, 2.24) is 9.55 Å². The summed E-state index contributed by atoms with van der Waals surface area (Å²) in [6.07, 6.45) is 1.71. The van der Waals surface area contributed by atoms with Crippen LogP contribution in [0.1, 0.15) is 0 Å². The number of hydrogen-bond donors (Lipinski definition) is 0. The Bertz CT molecular complexity index is 865. The molecule has 0 aliphatic carbocycles. The Labute approximate surface area is 123 Å². The van der Waals surface area contributed by atoms with Gasteiger partial charge in [-0.05, 0) is 30.3 Å². The van der Waals surface area contributed by atoms with E-state index in [0.717, 1.165) is 22.5 Å². The normalized spacial score (nSPS) is 10.8. The standard InChI is InChI=1S/C17H17N3O/c1-19(2)13-7-4-6-12(10-13)16-11-15-14(8-5-9-18-15)17(21)20(16)3/h4-11H,1-3H3. The largest absolute Gasteiger partial charge is 0.378 e. The summed E-state index contributed by atoms with van der Waals surface area (Å²) in [7, 11) is 5.80. The predicted molar refractivity (Wildman–Crippen MR) is 86.7 cm³/mol. The lowest BCUT2D eigenvalue weighted by molar-refractivity contribution is 0.882. The average molecular weight is 279 g/mol.